The van der Waals surface area contributed by atoms with E-state index in [1.807, 2.05) is 19.1 Å². The van der Waals surface area contributed by atoms with Gasteiger partial charge in [-0.3, -0.25) is 4.79 Å². The van der Waals surface area contributed by atoms with Gasteiger partial charge in [-0.25, -0.2) is 0 Å². The van der Waals surface area contributed by atoms with E-state index in [4.69, 9.17) is 15.2 Å². The molecule has 0 aliphatic heterocycles. The van der Waals surface area contributed by atoms with Gasteiger partial charge in [0.15, 0.2) is 18.1 Å². The second kappa shape index (κ2) is 7.55. The fourth-order valence-corrected chi connectivity index (χ4v) is 1.48. The van der Waals surface area contributed by atoms with Crippen molar-refractivity contribution in [2.45, 2.75) is 13.3 Å². The van der Waals surface area contributed by atoms with Crippen molar-refractivity contribution in [3.63, 3.8) is 0 Å². The zero-order valence-corrected chi connectivity index (χ0v) is 10.9. The Hall–Kier alpha value is -1.75. The highest BCUT2D eigenvalue weighted by atomic mass is 16.5. The summed E-state index contributed by atoms with van der Waals surface area (Å²) in [4.78, 5) is 11.1. The molecular weight excluding hydrogens is 232 g/mol. The van der Waals surface area contributed by atoms with Crippen molar-refractivity contribution in [3.05, 3.63) is 23.8 Å². The van der Waals surface area contributed by atoms with Gasteiger partial charge in [0, 0.05) is 7.05 Å². The van der Waals surface area contributed by atoms with Gasteiger partial charge in [-0.05, 0) is 37.6 Å². The predicted octanol–water partition coefficient (Wildman–Crippen LogP) is 0.711. The number of nitrogens with two attached hydrogens (primary N) is 1. The molecule has 0 atom stereocenters. The van der Waals surface area contributed by atoms with Crippen LogP contribution in [0.5, 0.6) is 11.5 Å². The summed E-state index contributed by atoms with van der Waals surface area (Å²) >= 11 is 0. The molecular formula is C13H20N2O3. The van der Waals surface area contributed by atoms with E-state index in [9.17, 15) is 4.79 Å². The first-order valence-electron chi connectivity index (χ1n) is 6.00. The van der Waals surface area contributed by atoms with Crippen LogP contribution in [0.4, 0.5) is 0 Å². The van der Waals surface area contributed by atoms with Gasteiger partial charge in [0.2, 0.25) is 0 Å². The third-order valence-electron chi connectivity index (χ3n) is 2.38. The molecule has 0 saturated heterocycles. The molecule has 1 aromatic rings. The number of carbonyl (C=O) groups is 1. The van der Waals surface area contributed by atoms with Crippen molar-refractivity contribution in [3.8, 4) is 11.5 Å². The molecule has 18 heavy (non-hydrogen) atoms. The van der Waals surface area contributed by atoms with Crippen LogP contribution < -0.4 is 20.5 Å². The first-order valence-corrected chi connectivity index (χ1v) is 6.00. The zero-order chi connectivity index (χ0) is 13.4. The van der Waals surface area contributed by atoms with Gasteiger partial charge in [0.05, 0.1) is 6.61 Å². The van der Waals surface area contributed by atoms with Crippen molar-refractivity contribution in [1.82, 2.24) is 5.32 Å². The number of benzene rings is 1. The second-order valence-corrected chi connectivity index (χ2v) is 3.71. The molecule has 0 aliphatic carbocycles. The number of nitrogens with one attached hydrogen (secondary N) is 1. The normalized spacial score (nSPS) is 9.94. The third-order valence-corrected chi connectivity index (χ3v) is 2.38. The SMILES string of the molecule is CCOc1cc(CCN)ccc1OCC(=O)NC. The minimum Gasteiger partial charge on any atom is -0.490 e. The first-order chi connectivity index (χ1) is 8.71. The lowest BCUT2D eigenvalue weighted by Crippen LogP contribution is -2.25. The molecule has 3 N–H and O–H groups in total. The topological polar surface area (TPSA) is 73.6 Å². The molecule has 0 saturated carbocycles. The Morgan fingerprint density at radius 3 is 2.72 bits per heavy atom. The summed E-state index contributed by atoms with van der Waals surface area (Å²) in [7, 11) is 1.57. The van der Waals surface area contributed by atoms with Crippen molar-refractivity contribution >= 4 is 5.91 Å². The fraction of sp³-hybridized carbons (Fsp3) is 0.462. The maximum atomic E-state index is 11.1. The van der Waals surface area contributed by atoms with Crippen LogP contribution in [0.1, 0.15) is 12.5 Å². The van der Waals surface area contributed by atoms with E-state index in [1.165, 1.54) is 0 Å². The van der Waals surface area contributed by atoms with Gasteiger partial charge in [0.25, 0.3) is 5.91 Å². The van der Waals surface area contributed by atoms with Crippen LogP contribution in [-0.4, -0.2) is 32.7 Å². The van der Waals surface area contributed by atoms with Gasteiger partial charge in [0.1, 0.15) is 0 Å². The highest BCUT2D eigenvalue weighted by Crippen LogP contribution is 2.28. The van der Waals surface area contributed by atoms with Gasteiger partial charge < -0.3 is 20.5 Å². The first kappa shape index (κ1) is 14.3. The molecule has 0 spiro atoms. The third kappa shape index (κ3) is 4.25. The molecule has 0 radical (unpaired) electrons. The second-order valence-electron chi connectivity index (χ2n) is 3.71. The molecule has 0 bridgehead atoms. The number of likely N-dealkylation sites (N-methyl/N-ethyl adjacent to an activating group) is 1. The van der Waals surface area contributed by atoms with Gasteiger partial charge in [-0.1, -0.05) is 6.07 Å². The van der Waals surface area contributed by atoms with Crippen molar-refractivity contribution in [2.75, 3.05) is 26.8 Å². The summed E-state index contributed by atoms with van der Waals surface area (Å²) in [5, 5.41) is 2.50. The maximum Gasteiger partial charge on any atom is 0.257 e. The van der Waals surface area contributed by atoms with E-state index in [0.717, 1.165) is 12.0 Å². The Labute approximate surface area is 107 Å². The number of hydrogen-bond acceptors (Lipinski definition) is 4. The Morgan fingerprint density at radius 1 is 1.33 bits per heavy atom. The number of ether oxygens (including phenoxy) is 2. The Kier molecular flexibility index (Phi) is 6.00. The van der Waals surface area contributed by atoms with Crippen LogP contribution in [0.15, 0.2) is 18.2 Å². The van der Waals surface area contributed by atoms with Gasteiger partial charge in [-0.2, -0.15) is 0 Å². The summed E-state index contributed by atoms with van der Waals surface area (Å²) in [5.74, 6) is 1.04. The molecule has 5 heteroatoms. The lowest BCUT2D eigenvalue weighted by molar-refractivity contribution is -0.122. The minimum atomic E-state index is -0.177. The summed E-state index contributed by atoms with van der Waals surface area (Å²) in [6.07, 6.45) is 0.788. The standard InChI is InChI=1S/C13H20N2O3/c1-3-17-12-8-10(6-7-14)4-5-11(12)18-9-13(16)15-2/h4-5,8H,3,6-7,9,14H2,1-2H3,(H,15,16). The van der Waals surface area contributed by atoms with Crippen LogP contribution in [0, 0.1) is 0 Å². The lowest BCUT2D eigenvalue weighted by atomic mass is 10.1. The number of carbonyl (C=O) groups excluding carboxylic acids is 1. The molecule has 1 rings (SSSR count). The largest absolute Gasteiger partial charge is 0.490 e. The smallest absolute Gasteiger partial charge is 0.257 e. The molecule has 1 aromatic carbocycles. The van der Waals surface area contributed by atoms with Gasteiger partial charge >= 0.3 is 0 Å². The highest BCUT2D eigenvalue weighted by Gasteiger charge is 2.08. The molecule has 0 aliphatic rings. The van der Waals surface area contributed by atoms with E-state index < -0.39 is 0 Å². The van der Waals surface area contributed by atoms with Crippen LogP contribution in [0.2, 0.25) is 0 Å². The lowest BCUT2D eigenvalue weighted by Gasteiger charge is -2.12. The predicted molar refractivity (Wildman–Crippen MR) is 69.9 cm³/mol. The van der Waals surface area contributed by atoms with E-state index in [1.54, 1.807) is 13.1 Å². The maximum absolute atomic E-state index is 11.1. The van der Waals surface area contributed by atoms with E-state index in [-0.39, 0.29) is 12.5 Å². The van der Waals surface area contributed by atoms with Crippen LogP contribution in [0.3, 0.4) is 0 Å². The summed E-state index contributed by atoms with van der Waals surface area (Å²) in [6.45, 7) is 3.01. The minimum absolute atomic E-state index is 0.0210. The van der Waals surface area contributed by atoms with E-state index in [2.05, 4.69) is 5.32 Å². The average Bonchev–Trinajstić information content (AvgIpc) is 2.38. The van der Waals surface area contributed by atoms with Crippen LogP contribution in [-0.2, 0) is 11.2 Å². The molecule has 0 fully saturated rings. The number of amides is 1. The van der Waals surface area contributed by atoms with Gasteiger partial charge in [-0.15, -0.1) is 0 Å². The molecule has 100 valence electrons. The van der Waals surface area contributed by atoms with Crippen molar-refractivity contribution in [2.24, 2.45) is 5.73 Å². The van der Waals surface area contributed by atoms with Crippen LogP contribution >= 0.6 is 0 Å². The number of hydrogen-bond donors (Lipinski definition) is 2. The average molecular weight is 252 g/mol. The highest BCUT2D eigenvalue weighted by molar-refractivity contribution is 5.77. The molecule has 0 heterocycles. The summed E-state index contributed by atoms with van der Waals surface area (Å²) in [5.41, 5.74) is 6.61. The molecule has 0 aromatic heterocycles. The Balaban J connectivity index is 2.78. The molecule has 1 amide bonds. The summed E-state index contributed by atoms with van der Waals surface area (Å²) in [6, 6.07) is 5.63. The quantitative estimate of drug-likeness (QED) is 0.749. The Bertz CT molecular complexity index is 394. The van der Waals surface area contributed by atoms with E-state index >= 15 is 0 Å². The van der Waals surface area contributed by atoms with Crippen LogP contribution in [0.25, 0.3) is 0 Å². The monoisotopic (exact) mass is 252 g/mol. The molecule has 0 unspecified atom stereocenters. The summed E-state index contributed by atoms with van der Waals surface area (Å²) < 4.78 is 10.9. The fourth-order valence-electron chi connectivity index (χ4n) is 1.48. The Morgan fingerprint density at radius 2 is 2.11 bits per heavy atom. The molecule has 5 nitrogen and oxygen atoms in total. The zero-order valence-electron chi connectivity index (χ0n) is 10.9. The van der Waals surface area contributed by atoms with Crippen molar-refractivity contribution < 1.29 is 14.3 Å². The number of rotatable bonds is 7. The van der Waals surface area contributed by atoms with E-state index in [0.29, 0.717) is 24.7 Å². The van der Waals surface area contributed by atoms with Crippen molar-refractivity contribution in [1.29, 1.82) is 0 Å².